The highest BCUT2D eigenvalue weighted by molar-refractivity contribution is 6.74. The number of alkyl halides is 3. The summed E-state index contributed by atoms with van der Waals surface area (Å²) in [6, 6.07) is 11.0. The number of ketones is 1. The van der Waals surface area contributed by atoms with E-state index >= 15 is 0 Å². The first kappa shape index (κ1) is 28.7. The molecule has 1 N–H and O–H groups in total. The Morgan fingerprint density at radius 2 is 1.70 bits per heavy atom. The van der Waals surface area contributed by atoms with Gasteiger partial charge in [0.05, 0.1) is 18.3 Å². The van der Waals surface area contributed by atoms with Gasteiger partial charge in [0.2, 0.25) is 0 Å². The van der Waals surface area contributed by atoms with Crippen molar-refractivity contribution in [3.8, 4) is 5.75 Å². The molecule has 3 rings (SSSR count). The number of amides is 1. The number of hydrogen-bond acceptors (Lipinski definition) is 5. The van der Waals surface area contributed by atoms with Crippen LogP contribution in [0.2, 0.25) is 18.1 Å². The molecule has 0 saturated heterocycles. The van der Waals surface area contributed by atoms with Gasteiger partial charge in [-0.25, -0.2) is 4.79 Å². The van der Waals surface area contributed by atoms with Crippen molar-refractivity contribution in [3.63, 3.8) is 0 Å². The Hall–Kier alpha value is -2.85. The van der Waals surface area contributed by atoms with Crippen LogP contribution in [0.15, 0.2) is 48.5 Å². The van der Waals surface area contributed by atoms with E-state index in [-0.39, 0.29) is 35.7 Å². The summed E-state index contributed by atoms with van der Waals surface area (Å²) in [6.07, 6.45) is -4.43. The lowest BCUT2D eigenvalue weighted by Crippen LogP contribution is -2.49. The second-order valence-electron chi connectivity index (χ2n) is 10.7. The van der Waals surface area contributed by atoms with Crippen molar-refractivity contribution in [2.75, 3.05) is 6.61 Å². The largest absolute Gasteiger partial charge is 0.490 e. The molecule has 0 radical (unpaired) electrons. The summed E-state index contributed by atoms with van der Waals surface area (Å²) < 4.78 is 58.1. The highest BCUT2D eigenvalue weighted by Gasteiger charge is 2.40. The molecule has 10 heteroatoms. The van der Waals surface area contributed by atoms with Gasteiger partial charge in [0, 0.05) is 5.56 Å². The number of hydrogen-bond donors (Lipinski definition) is 1. The van der Waals surface area contributed by atoms with E-state index in [1.807, 2.05) is 39.9 Å². The number of alkyl carbamates (subject to hydrolysis) is 1. The molecule has 0 aromatic heterocycles. The summed E-state index contributed by atoms with van der Waals surface area (Å²) in [6.45, 7) is 9.80. The van der Waals surface area contributed by atoms with Gasteiger partial charge in [0.25, 0.3) is 0 Å². The Labute approximate surface area is 216 Å². The molecular formula is C27H34F3NO5Si. The molecule has 2 aromatic rings. The molecule has 1 amide bonds. The van der Waals surface area contributed by atoms with Gasteiger partial charge in [-0.1, -0.05) is 51.1 Å². The van der Waals surface area contributed by atoms with Crippen molar-refractivity contribution in [2.45, 2.75) is 76.7 Å². The Bertz CT molecular complexity index is 1100. The van der Waals surface area contributed by atoms with Crippen LogP contribution in [0.25, 0.3) is 0 Å². The lowest BCUT2D eigenvalue weighted by atomic mass is 10.0. The number of carbonyl (C=O) groups excluding carboxylic acids is 2. The summed E-state index contributed by atoms with van der Waals surface area (Å²) in [5.74, 6) is -1.02. The minimum Gasteiger partial charge on any atom is -0.490 e. The van der Waals surface area contributed by atoms with E-state index in [1.54, 1.807) is 24.3 Å². The van der Waals surface area contributed by atoms with E-state index in [0.717, 1.165) is 17.7 Å². The highest BCUT2D eigenvalue weighted by atomic mass is 28.4. The number of nitrogens with one attached hydrogen (secondary N) is 1. The molecular weight excluding hydrogens is 503 g/mol. The molecule has 0 heterocycles. The van der Waals surface area contributed by atoms with Crippen molar-refractivity contribution >= 4 is 20.2 Å². The van der Waals surface area contributed by atoms with Gasteiger partial charge in [-0.15, -0.1) is 0 Å². The smallest absolute Gasteiger partial charge is 0.419 e. The predicted molar refractivity (Wildman–Crippen MR) is 136 cm³/mol. The zero-order valence-electron chi connectivity index (χ0n) is 21.8. The topological polar surface area (TPSA) is 73.9 Å². The molecule has 1 aliphatic carbocycles. The van der Waals surface area contributed by atoms with E-state index in [9.17, 15) is 22.8 Å². The molecule has 2 aromatic carbocycles. The predicted octanol–water partition coefficient (Wildman–Crippen LogP) is 6.75. The fraction of sp³-hybridized carbons (Fsp3) is 0.481. The van der Waals surface area contributed by atoms with Crippen molar-refractivity contribution in [3.05, 3.63) is 65.2 Å². The maximum Gasteiger partial charge on any atom is 0.419 e. The number of carbonyl (C=O) groups is 2. The van der Waals surface area contributed by atoms with Gasteiger partial charge >= 0.3 is 12.3 Å². The molecule has 0 bridgehead atoms. The standard InChI is InChI=1S/C27H34F3NO5Si/c1-26(2,3)37(4,5)35-17-22(31-25(33)34-16-18-9-7-6-8-10-18)24(32)19-11-14-23(36-20-12-13-20)21(15-19)27(28,29)30/h6-11,14-15,20,22H,12-13,16-17H2,1-5H3,(H,31,33)/t22-/m1/s1. The number of halogens is 3. The minimum absolute atomic E-state index is 0.0257. The first-order valence-corrected chi connectivity index (χ1v) is 15.1. The van der Waals surface area contributed by atoms with Crippen LogP contribution in [0.3, 0.4) is 0 Å². The van der Waals surface area contributed by atoms with Gasteiger partial charge in [-0.2, -0.15) is 13.2 Å². The van der Waals surface area contributed by atoms with Crippen LogP contribution in [0.1, 0.15) is 55.1 Å². The van der Waals surface area contributed by atoms with Crippen LogP contribution in [-0.4, -0.2) is 38.9 Å². The maximum absolute atomic E-state index is 13.8. The summed E-state index contributed by atoms with van der Waals surface area (Å²) in [4.78, 5) is 26.0. The first-order chi connectivity index (χ1) is 17.2. The molecule has 37 heavy (non-hydrogen) atoms. The molecule has 0 spiro atoms. The summed E-state index contributed by atoms with van der Waals surface area (Å²) in [5, 5.41) is 2.32. The SMILES string of the molecule is CC(C)(C)[Si](C)(C)OC[C@@H](NC(=O)OCc1ccccc1)C(=O)c1ccc(OC2CC2)c(C(F)(F)F)c1. The quantitative estimate of drug-likeness (QED) is 0.268. The first-order valence-electron chi connectivity index (χ1n) is 12.2. The van der Waals surface area contributed by atoms with Crippen LogP contribution in [0.4, 0.5) is 18.0 Å². The van der Waals surface area contributed by atoms with Crippen LogP contribution in [0.5, 0.6) is 5.75 Å². The summed E-state index contributed by atoms with van der Waals surface area (Å²) in [5.41, 5.74) is -0.484. The van der Waals surface area contributed by atoms with Gasteiger partial charge in [-0.3, -0.25) is 4.79 Å². The number of benzene rings is 2. The van der Waals surface area contributed by atoms with Crippen molar-refractivity contribution in [1.29, 1.82) is 0 Å². The minimum atomic E-state index is -4.71. The van der Waals surface area contributed by atoms with Crippen molar-refractivity contribution in [2.24, 2.45) is 0 Å². The van der Waals surface area contributed by atoms with Gasteiger partial charge in [0.15, 0.2) is 14.1 Å². The van der Waals surface area contributed by atoms with E-state index in [1.165, 1.54) is 6.07 Å². The van der Waals surface area contributed by atoms with Crippen LogP contribution in [0, 0.1) is 0 Å². The molecule has 202 valence electrons. The second-order valence-corrected chi connectivity index (χ2v) is 15.5. The monoisotopic (exact) mass is 537 g/mol. The van der Waals surface area contributed by atoms with Crippen LogP contribution in [-0.2, 0) is 21.9 Å². The number of ether oxygens (including phenoxy) is 2. The highest BCUT2D eigenvalue weighted by Crippen LogP contribution is 2.40. The van der Waals surface area contributed by atoms with Gasteiger partial charge in [0.1, 0.15) is 18.4 Å². The zero-order valence-corrected chi connectivity index (χ0v) is 22.8. The Kier molecular flexibility index (Phi) is 8.74. The molecule has 1 aliphatic rings. The maximum atomic E-state index is 13.8. The second kappa shape index (κ2) is 11.3. The van der Waals surface area contributed by atoms with Crippen LogP contribution >= 0.6 is 0 Å². The normalized spacial score (nSPS) is 15.1. The molecule has 0 aliphatic heterocycles. The lowest BCUT2D eigenvalue weighted by molar-refractivity contribution is -0.139. The summed E-state index contributed by atoms with van der Waals surface area (Å²) >= 11 is 0. The number of rotatable bonds is 10. The molecule has 6 nitrogen and oxygen atoms in total. The molecule has 1 atom stereocenters. The fourth-order valence-corrected chi connectivity index (χ4v) is 4.19. The summed E-state index contributed by atoms with van der Waals surface area (Å²) in [7, 11) is -2.34. The van der Waals surface area contributed by atoms with E-state index in [4.69, 9.17) is 13.9 Å². The molecule has 1 fully saturated rings. The van der Waals surface area contributed by atoms with Gasteiger partial charge < -0.3 is 19.2 Å². The Balaban J connectivity index is 1.82. The average molecular weight is 538 g/mol. The third-order valence-corrected chi connectivity index (χ3v) is 11.1. The third-order valence-electron chi connectivity index (χ3n) is 6.63. The van der Waals surface area contributed by atoms with E-state index in [2.05, 4.69) is 5.32 Å². The molecule has 0 unspecified atom stereocenters. The lowest BCUT2D eigenvalue weighted by Gasteiger charge is -2.37. The molecule has 1 saturated carbocycles. The van der Waals surface area contributed by atoms with Crippen molar-refractivity contribution < 1.29 is 36.7 Å². The van der Waals surface area contributed by atoms with Crippen LogP contribution < -0.4 is 10.1 Å². The van der Waals surface area contributed by atoms with E-state index in [0.29, 0.717) is 12.8 Å². The zero-order chi connectivity index (χ0) is 27.4. The Morgan fingerprint density at radius 1 is 1.05 bits per heavy atom. The fourth-order valence-electron chi connectivity index (χ4n) is 3.17. The number of Topliss-reactive ketones (excluding diaryl/α,β-unsaturated/α-hetero) is 1. The van der Waals surface area contributed by atoms with Gasteiger partial charge in [-0.05, 0) is 54.7 Å². The average Bonchev–Trinajstić information content (AvgIpc) is 3.63. The van der Waals surface area contributed by atoms with Crippen molar-refractivity contribution in [1.82, 2.24) is 5.32 Å². The van der Waals surface area contributed by atoms with E-state index < -0.39 is 38.0 Å². The Morgan fingerprint density at radius 3 is 2.27 bits per heavy atom. The third kappa shape index (κ3) is 8.06.